The number of fused-ring (bicyclic) bond motifs is 1. The quantitative estimate of drug-likeness (QED) is 0.648. The molecule has 110 valence electrons. The molecule has 0 unspecified atom stereocenters. The van der Waals surface area contributed by atoms with Gasteiger partial charge in [-0.25, -0.2) is 4.79 Å². The Morgan fingerprint density at radius 2 is 1.68 bits per heavy atom. The van der Waals surface area contributed by atoms with Crippen LogP contribution >= 0.6 is 23.2 Å². The fraction of sp³-hybridized carbons (Fsp3) is 0. The van der Waals surface area contributed by atoms with Crippen molar-refractivity contribution in [1.29, 1.82) is 0 Å². The highest BCUT2D eigenvalue weighted by atomic mass is 35.5. The van der Waals surface area contributed by atoms with Gasteiger partial charge >= 0.3 is 6.09 Å². The number of ether oxygens (including phenoxy) is 1. The van der Waals surface area contributed by atoms with Crippen molar-refractivity contribution in [3.05, 3.63) is 70.7 Å². The van der Waals surface area contributed by atoms with E-state index in [1.807, 2.05) is 30.3 Å². The predicted octanol–water partition coefficient (Wildman–Crippen LogP) is 5.76. The highest BCUT2D eigenvalue weighted by Gasteiger charge is 2.10. The van der Waals surface area contributed by atoms with Crippen molar-refractivity contribution in [3.8, 4) is 5.75 Å². The molecule has 3 nitrogen and oxygen atoms in total. The molecule has 0 fully saturated rings. The van der Waals surface area contributed by atoms with Gasteiger partial charge in [0.1, 0.15) is 5.75 Å². The zero-order chi connectivity index (χ0) is 15.5. The number of benzene rings is 3. The molecule has 0 radical (unpaired) electrons. The number of anilines is 1. The smallest absolute Gasteiger partial charge is 0.410 e. The van der Waals surface area contributed by atoms with Crippen molar-refractivity contribution in [1.82, 2.24) is 0 Å². The van der Waals surface area contributed by atoms with E-state index in [1.165, 1.54) is 0 Å². The molecule has 3 rings (SSSR count). The summed E-state index contributed by atoms with van der Waals surface area (Å²) in [4.78, 5) is 11.9. The van der Waals surface area contributed by atoms with Crippen LogP contribution in [0.15, 0.2) is 60.7 Å². The molecule has 1 amide bonds. The number of hydrogen-bond donors (Lipinski definition) is 1. The SMILES string of the molecule is O=C(Nc1cccc(Cl)c1Cl)Oc1ccc2ccccc2c1. The first-order chi connectivity index (χ1) is 10.6. The van der Waals surface area contributed by atoms with E-state index >= 15 is 0 Å². The fourth-order valence-corrected chi connectivity index (χ4v) is 2.42. The van der Waals surface area contributed by atoms with Crippen molar-refractivity contribution in [3.63, 3.8) is 0 Å². The topological polar surface area (TPSA) is 38.3 Å². The van der Waals surface area contributed by atoms with Crippen molar-refractivity contribution >= 4 is 45.8 Å². The summed E-state index contributed by atoms with van der Waals surface area (Å²) in [6.45, 7) is 0. The van der Waals surface area contributed by atoms with Crippen LogP contribution in [0.1, 0.15) is 0 Å². The summed E-state index contributed by atoms with van der Waals surface area (Å²) in [5.41, 5.74) is 0.403. The molecule has 0 aliphatic rings. The van der Waals surface area contributed by atoms with E-state index in [0.29, 0.717) is 16.5 Å². The molecule has 0 bridgehead atoms. The van der Waals surface area contributed by atoms with Crippen molar-refractivity contribution in [2.75, 3.05) is 5.32 Å². The van der Waals surface area contributed by atoms with Crippen molar-refractivity contribution < 1.29 is 9.53 Å². The lowest BCUT2D eigenvalue weighted by atomic mass is 10.1. The molecule has 0 spiro atoms. The number of carbonyl (C=O) groups excluding carboxylic acids is 1. The summed E-state index contributed by atoms with van der Waals surface area (Å²) >= 11 is 11.9. The van der Waals surface area contributed by atoms with Gasteiger partial charge in [-0.1, -0.05) is 59.6 Å². The summed E-state index contributed by atoms with van der Waals surface area (Å²) in [5, 5.41) is 5.28. The monoisotopic (exact) mass is 331 g/mol. The van der Waals surface area contributed by atoms with E-state index in [9.17, 15) is 4.79 Å². The first-order valence-electron chi connectivity index (χ1n) is 6.55. The van der Waals surface area contributed by atoms with Crippen molar-refractivity contribution in [2.45, 2.75) is 0 Å². The van der Waals surface area contributed by atoms with Gasteiger partial charge in [-0.05, 0) is 35.0 Å². The van der Waals surface area contributed by atoms with Crippen LogP contribution in [-0.4, -0.2) is 6.09 Å². The highest BCUT2D eigenvalue weighted by Crippen LogP contribution is 2.29. The summed E-state index contributed by atoms with van der Waals surface area (Å²) in [5.74, 6) is 0.453. The molecule has 0 saturated carbocycles. The summed E-state index contributed by atoms with van der Waals surface area (Å²) in [7, 11) is 0. The minimum atomic E-state index is -0.626. The molecular weight excluding hydrogens is 321 g/mol. The number of nitrogens with one attached hydrogen (secondary N) is 1. The highest BCUT2D eigenvalue weighted by molar-refractivity contribution is 6.43. The van der Waals surface area contributed by atoms with Crippen LogP contribution in [0.25, 0.3) is 10.8 Å². The predicted molar refractivity (Wildman–Crippen MR) is 90.1 cm³/mol. The molecule has 22 heavy (non-hydrogen) atoms. The Morgan fingerprint density at radius 3 is 2.50 bits per heavy atom. The fourth-order valence-electron chi connectivity index (χ4n) is 2.07. The molecule has 0 aromatic heterocycles. The Labute approximate surface area is 137 Å². The van der Waals surface area contributed by atoms with Gasteiger partial charge < -0.3 is 4.74 Å². The Balaban J connectivity index is 1.76. The third-order valence-electron chi connectivity index (χ3n) is 3.12. The van der Waals surface area contributed by atoms with Crippen LogP contribution in [0.3, 0.4) is 0 Å². The van der Waals surface area contributed by atoms with Gasteiger partial charge in [0.15, 0.2) is 0 Å². The normalized spacial score (nSPS) is 10.5. The lowest BCUT2D eigenvalue weighted by Gasteiger charge is -2.09. The summed E-state index contributed by atoms with van der Waals surface area (Å²) in [6, 6.07) is 18.2. The molecule has 1 N–H and O–H groups in total. The Hall–Kier alpha value is -2.23. The zero-order valence-corrected chi connectivity index (χ0v) is 12.9. The van der Waals surface area contributed by atoms with Crippen LogP contribution < -0.4 is 10.1 Å². The molecule has 0 aliphatic carbocycles. The van der Waals surface area contributed by atoms with Gasteiger partial charge in [0.05, 0.1) is 15.7 Å². The van der Waals surface area contributed by atoms with Gasteiger partial charge in [-0.3, -0.25) is 5.32 Å². The Bertz CT molecular complexity index is 849. The van der Waals surface area contributed by atoms with E-state index in [4.69, 9.17) is 27.9 Å². The summed E-state index contributed by atoms with van der Waals surface area (Å²) < 4.78 is 5.27. The lowest BCUT2D eigenvalue weighted by molar-refractivity contribution is 0.215. The van der Waals surface area contributed by atoms with Crippen LogP contribution in [-0.2, 0) is 0 Å². The van der Waals surface area contributed by atoms with Crippen molar-refractivity contribution in [2.24, 2.45) is 0 Å². The molecule has 0 aliphatic heterocycles. The number of carbonyl (C=O) groups is 1. The van der Waals surface area contributed by atoms with Gasteiger partial charge in [-0.2, -0.15) is 0 Å². The van der Waals surface area contributed by atoms with E-state index in [1.54, 1.807) is 30.3 Å². The molecular formula is C17H11Cl2NO2. The molecule has 0 heterocycles. The van der Waals surface area contributed by atoms with E-state index in [2.05, 4.69) is 5.32 Å². The van der Waals surface area contributed by atoms with Gasteiger partial charge in [-0.15, -0.1) is 0 Å². The van der Waals surface area contributed by atoms with E-state index in [0.717, 1.165) is 10.8 Å². The van der Waals surface area contributed by atoms with Gasteiger partial charge in [0, 0.05) is 0 Å². The van der Waals surface area contributed by atoms with Crippen LogP contribution in [0.4, 0.5) is 10.5 Å². The average molecular weight is 332 g/mol. The minimum Gasteiger partial charge on any atom is -0.410 e. The van der Waals surface area contributed by atoms with E-state index < -0.39 is 6.09 Å². The molecule has 0 atom stereocenters. The second-order valence-electron chi connectivity index (χ2n) is 4.62. The standard InChI is InChI=1S/C17H11Cl2NO2/c18-14-6-3-7-15(16(14)19)20-17(21)22-13-9-8-11-4-1-2-5-12(11)10-13/h1-10H,(H,20,21). The van der Waals surface area contributed by atoms with Gasteiger partial charge in [0.25, 0.3) is 0 Å². The number of halogens is 2. The minimum absolute atomic E-state index is 0.277. The average Bonchev–Trinajstić information content (AvgIpc) is 2.52. The first kappa shape index (κ1) is 14.7. The largest absolute Gasteiger partial charge is 0.417 e. The van der Waals surface area contributed by atoms with Crippen LogP contribution in [0, 0.1) is 0 Å². The molecule has 0 saturated heterocycles. The lowest BCUT2D eigenvalue weighted by Crippen LogP contribution is -2.16. The maximum Gasteiger partial charge on any atom is 0.417 e. The van der Waals surface area contributed by atoms with Crippen LogP contribution in [0.5, 0.6) is 5.75 Å². The molecule has 3 aromatic rings. The maximum absolute atomic E-state index is 11.9. The van der Waals surface area contributed by atoms with E-state index in [-0.39, 0.29) is 5.02 Å². The second-order valence-corrected chi connectivity index (χ2v) is 5.41. The third-order valence-corrected chi connectivity index (χ3v) is 3.94. The zero-order valence-electron chi connectivity index (χ0n) is 11.3. The number of amides is 1. The third kappa shape index (κ3) is 3.16. The molecule has 3 aromatic carbocycles. The Morgan fingerprint density at radius 1 is 0.909 bits per heavy atom. The summed E-state index contributed by atoms with van der Waals surface area (Å²) in [6.07, 6.45) is -0.626. The first-order valence-corrected chi connectivity index (χ1v) is 7.31. The Kier molecular flexibility index (Phi) is 4.18. The van der Waals surface area contributed by atoms with Gasteiger partial charge in [0.2, 0.25) is 0 Å². The van der Waals surface area contributed by atoms with Crippen LogP contribution in [0.2, 0.25) is 10.0 Å². The second kappa shape index (κ2) is 6.26. The molecule has 5 heteroatoms. The number of hydrogen-bond acceptors (Lipinski definition) is 2. The maximum atomic E-state index is 11.9. The number of rotatable bonds is 2.